The maximum absolute atomic E-state index is 5.34. The van der Waals surface area contributed by atoms with Gasteiger partial charge in [0.15, 0.2) is 0 Å². The van der Waals surface area contributed by atoms with Gasteiger partial charge in [-0.2, -0.15) is 0 Å². The van der Waals surface area contributed by atoms with Gasteiger partial charge in [0.25, 0.3) is 0 Å². The van der Waals surface area contributed by atoms with Gasteiger partial charge in [0.1, 0.15) is 0 Å². The molecule has 2 N–H and O–H groups in total. The third kappa shape index (κ3) is 4.96. The van der Waals surface area contributed by atoms with Gasteiger partial charge >= 0.3 is 29.6 Å². The molecule has 1 aliphatic rings. The minimum absolute atomic E-state index is 0. The molecule has 60 valence electrons. The molecule has 0 heterocycles. The molecule has 0 atom stereocenters. The number of hydrogen-bond acceptors (Lipinski definition) is 2. The first-order valence-corrected chi connectivity index (χ1v) is 4.16. The molecule has 2 nitrogen and oxygen atoms in total. The van der Waals surface area contributed by atoms with Crippen molar-refractivity contribution in [3.8, 4) is 0 Å². The van der Waals surface area contributed by atoms with E-state index >= 15 is 0 Å². The number of aliphatic imine (C=N–C) groups is 1. The fourth-order valence-electron chi connectivity index (χ4n) is 1.34. The van der Waals surface area contributed by atoms with Crippen LogP contribution in [-0.2, 0) is 0 Å². The monoisotopic (exact) mass is 164 g/mol. The predicted octanol–water partition coefficient (Wildman–Crippen LogP) is 0.702. The molecule has 0 aromatic heterocycles. The van der Waals surface area contributed by atoms with Gasteiger partial charge in [0.05, 0.1) is 6.54 Å². The van der Waals surface area contributed by atoms with Gasteiger partial charge in [-0.1, -0.05) is 6.42 Å². The molecule has 0 saturated heterocycles. The molecule has 1 saturated carbocycles. The van der Waals surface area contributed by atoms with E-state index in [-0.39, 0.29) is 29.6 Å². The molecule has 11 heavy (non-hydrogen) atoms. The average molecular weight is 164 g/mol. The molecule has 1 fully saturated rings. The standard InChI is InChI=1S/C8H16N2.Na.H/c9-6-7-10-8-4-2-1-3-5-8;;/h1-7,9H2;;. The van der Waals surface area contributed by atoms with Crippen LogP contribution in [0.5, 0.6) is 0 Å². The van der Waals surface area contributed by atoms with E-state index in [0.29, 0.717) is 6.54 Å². The summed E-state index contributed by atoms with van der Waals surface area (Å²) in [6.45, 7) is 1.53. The number of hydrogen-bond donors (Lipinski definition) is 1. The molecule has 1 aliphatic carbocycles. The third-order valence-electron chi connectivity index (χ3n) is 1.90. The molecule has 0 spiro atoms. The van der Waals surface area contributed by atoms with Gasteiger partial charge in [0.2, 0.25) is 0 Å². The second kappa shape index (κ2) is 7.29. The Bertz CT molecular complexity index is 115. The summed E-state index contributed by atoms with van der Waals surface area (Å²) in [5.41, 5.74) is 6.74. The van der Waals surface area contributed by atoms with Gasteiger partial charge in [0, 0.05) is 12.3 Å². The van der Waals surface area contributed by atoms with E-state index in [9.17, 15) is 0 Å². The van der Waals surface area contributed by atoms with E-state index in [1.165, 1.54) is 37.8 Å². The molecule has 0 bridgehead atoms. The second-order valence-electron chi connectivity index (χ2n) is 2.80. The zero-order chi connectivity index (χ0) is 7.23. The van der Waals surface area contributed by atoms with E-state index in [0.717, 1.165) is 6.54 Å². The van der Waals surface area contributed by atoms with E-state index < -0.39 is 0 Å². The van der Waals surface area contributed by atoms with Crippen LogP contribution in [0.1, 0.15) is 32.1 Å². The molecule has 1 rings (SSSR count). The summed E-state index contributed by atoms with van der Waals surface area (Å²) in [4.78, 5) is 4.39. The molecule has 0 unspecified atom stereocenters. The van der Waals surface area contributed by atoms with Gasteiger partial charge in [-0.05, 0) is 25.7 Å². The first kappa shape index (κ1) is 11.6. The SMILES string of the molecule is NCCN=C1CCCCC1.[NaH]. The van der Waals surface area contributed by atoms with Crippen LogP contribution in [0.15, 0.2) is 4.99 Å². The van der Waals surface area contributed by atoms with Crippen LogP contribution >= 0.6 is 0 Å². The van der Waals surface area contributed by atoms with E-state index in [1.807, 2.05) is 0 Å². The summed E-state index contributed by atoms with van der Waals surface area (Å²) < 4.78 is 0. The quantitative estimate of drug-likeness (QED) is 0.599. The summed E-state index contributed by atoms with van der Waals surface area (Å²) in [7, 11) is 0. The van der Waals surface area contributed by atoms with Gasteiger partial charge in [-0.25, -0.2) is 0 Å². The molecule has 0 radical (unpaired) electrons. The summed E-state index contributed by atoms with van der Waals surface area (Å²) >= 11 is 0. The van der Waals surface area contributed by atoms with Crippen LogP contribution in [-0.4, -0.2) is 48.4 Å². The first-order valence-electron chi connectivity index (χ1n) is 4.16. The Balaban J connectivity index is 0.000001000. The van der Waals surface area contributed by atoms with E-state index in [2.05, 4.69) is 4.99 Å². The van der Waals surface area contributed by atoms with Crippen LogP contribution in [0.4, 0.5) is 0 Å². The van der Waals surface area contributed by atoms with Crippen molar-refractivity contribution in [3.63, 3.8) is 0 Å². The van der Waals surface area contributed by atoms with E-state index in [1.54, 1.807) is 0 Å². The maximum atomic E-state index is 5.34. The van der Waals surface area contributed by atoms with Crippen molar-refractivity contribution in [1.29, 1.82) is 0 Å². The Labute approximate surface area is 90.9 Å². The minimum atomic E-state index is 0. The first-order chi connectivity index (χ1) is 4.93. The average Bonchev–Trinajstić information content (AvgIpc) is 2.03. The topological polar surface area (TPSA) is 38.4 Å². The van der Waals surface area contributed by atoms with Gasteiger partial charge in [-0.3, -0.25) is 4.99 Å². The summed E-state index contributed by atoms with van der Waals surface area (Å²) in [5.74, 6) is 0. The number of rotatable bonds is 2. The fourth-order valence-corrected chi connectivity index (χ4v) is 1.34. The third-order valence-corrected chi connectivity index (χ3v) is 1.90. The summed E-state index contributed by atoms with van der Waals surface area (Å²) in [6, 6.07) is 0. The summed E-state index contributed by atoms with van der Waals surface area (Å²) in [6.07, 6.45) is 6.51. The zero-order valence-electron chi connectivity index (χ0n) is 6.47. The van der Waals surface area contributed by atoms with Crippen molar-refractivity contribution in [1.82, 2.24) is 0 Å². The molecule has 0 amide bonds. The fraction of sp³-hybridized carbons (Fsp3) is 0.875. The van der Waals surface area contributed by atoms with Crippen LogP contribution in [0.25, 0.3) is 0 Å². The Morgan fingerprint density at radius 3 is 2.36 bits per heavy atom. The zero-order valence-corrected chi connectivity index (χ0v) is 6.47. The van der Waals surface area contributed by atoms with Crippen molar-refractivity contribution >= 4 is 35.3 Å². The molecular formula is C8H17N2Na. The van der Waals surface area contributed by atoms with Gasteiger partial charge in [-0.15, -0.1) is 0 Å². The van der Waals surface area contributed by atoms with Crippen LogP contribution in [0.3, 0.4) is 0 Å². The Hall–Kier alpha value is 0.630. The second-order valence-corrected chi connectivity index (χ2v) is 2.80. The molecular weight excluding hydrogens is 147 g/mol. The van der Waals surface area contributed by atoms with Crippen molar-refractivity contribution < 1.29 is 0 Å². The predicted molar refractivity (Wildman–Crippen MR) is 51.6 cm³/mol. The molecule has 0 aliphatic heterocycles. The van der Waals surface area contributed by atoms with Crippen molar-refractivity contribution in [3.05, 3.63) is 0 Å². The Kier molecular flexibility index (Phi) is 7.71. The van der Waals surface area contributed by atoms with Crippen LogP contribution < -0.4 is 5.73 Å². The summed E-state index contributed by atoms with van der Waals surface area (Å²) in [5, 5.41) is 0. The normalized spacial score (nSPS) is 17.4. The number of nitrogens with zero attached hydrogens (tertiary/aromatic N) is 1. The van der Waals surface area contributed by atoms with Crippen LogP contribution in [0, 0.1) is 0 Å². The number of nitrogens with two attached hydrogens (primary N) is 1. The Morgan fingerprint density at radius 1 is 1.18 bits per heavy atom. The van der Waals surface area contributed by atoms with E-state index in [4.69, 9.17) is 5.73 Å². The Morgan fingerprint density at radius 2 is 1.82 bits per heavy atom. The molecule has 0 aromatic carbocycles. The van der Waals surface area contributed by atoms with Crippen molar-refractivity contribution in [2.24, 2.45) is 10.7 Å². The van der Waals surface area contributed by atoms with Crippen LogP contribution in [0.2, 0.25) is 0 Å². The molecule has 3 heteroatoms. The van der Waals surface area contributed by atoms with Crippen molar-refractivity contribution in [2.45, 2.75) is 32.1 Å². The van der Waals surface area contributed by atoms with Gasteiger partial charge < -0.3 is 5.73 Å². The van der Waals surface area contributed by atoms with Crippen molar-refractivity contribution in [2.75, 3.05) is 13.1 Å². The molecule has 0 aromatic rings.